The molecule has 4 nitrogen and oxygen atoms in total. The molecule has 0 saturated heterocycles. The lowest BCUT2D eigenvalue weighted by Gasteiger charge is -1.94. The van der Waals surface area contributed by atoms with Crippen LogP contribution in [0.1, 0.15) is 26.2 Å². The molecule has 0 N–H and O–H groups in total. The molecule has 0 aliphatic heterocycles. The van der Waals surface area contributed by atoms with Crippen LogP contribution in [0.25, 0.3) is 0 Å². The molecule has 1 heterocycles. The van der Waals surface area contributed by atoms with Crippen molar-refractivity contribution in [2.75, 3.05) is 0 Å². The third kappa shape index (κ3) is 2.22. The molecule has 0 unspecified atom stereocenters. The molecular weight excluding hydrogens is 144 g/mol. The third-order valence-electron chi connectivity index (χ3n) is 1.48. The van der Waals surface area contributed by atoms with Crippen LogP contribution in [0.4, 0.5) is 0 Å². The van der Waals surface area contributed by atoms with E-state index >= 15 is 0 Å². The SMILES string of the molecule is CCCCCn1n[c]oc1=O. The summed E-state index contributed by atoms with van der Waals surface area (Å²) in [5.41, 5.74) is 0. The van der Waals surface area contributed by atoms with Gasteiger partial charge in [0.15, 0.2) is 0 Å². The second kappa shape index (κ2) is 3.95. The summed E-state index contributed by atoms with van der Waals surface area (Å²) in [6.45, 7) is 2.75. The van der Waals surface area contributed by atoms with Crippen LogP contribution in [-0.2, 0) is 6.54 Å². The van der Waals surface area contributed by atoms with Gasteiger partial charge in [0.1, 0.15) is 0 Å². The van der Waals surface area contributed by atoms with Gasteiger partial charge < -0.3 is 4.42 Å². The van der Waals surface area contributed by atoms with Crippen LogP contribution in [0.5, 0.6) is 0 Å². The molecular formula is C7H11N2O2. The Morgan fingerprint density at radius 2 is 2.45 bits per heavy atom. The number of aromatic nitrogens is 2. The van der Waals surface area contributed by atoms with Gasteiger partial charge in [-0.05, 0) is 6.42 Å². The lowest BCUT2D eigenvalue weighted by molar-refractivity contribution is 0.459. The lowest BCUT2D eigenvalue weighted by atomic mass is 10.2. The van der Waals surface area contributed by atoms with Crippen LogP contribution in [0.2, 0.25) is 0 Å². The van der Waals surface area contributed by atoms with E-state index < -0.39 is 5.76 Å². The van der Waals surface area contributed by atoms with Crippen molar-refractivity contribution in [1.29, 1.82) is 0 Å². The Labute approximate surface area is 64.8 Å². The molecule has 0 aromatic carbocycles. The zero-order valence-electron chi connectivity index (χ0n) is 6.54. The maximum absolute atomic E-state index is 10.7. The molecule has 0 aliphatic rings. The Morgan fingerprint density at radius 3 is 3.00 bits per heavy atom. The highest BCUT2D eigenvalue weighted by molar-refractivity contribution is 4.50. The standard InChI is InChI=1S/C7H11N2O2/c1-2-3-4-5-9-7(10)11-6-8-9/h2-5H2,1H3. The number of hydrogen-bond acceptors (Lipinski definition) is 3. The minimum atomic E-state index is -0.416. The highest BCUT2D eigenvalue weighted by Gasteiger charge is 1.97. The van der Waals surface area contributed by atoms with Gasteiger partial charge in [-0.25, -0.2) is 4.79 Å². The Morgan fingerprint density at radius 1 is 1.64 bits per heavy atom. The van der Waals surface area contributed by atoms with E-state index in [2.05, 4.69) is 22.8 Å². The molecule has 1 rings (SSSR count). The van der Waals surface area contributed by atoms with E-state index in [-0.39, 0.29) is 0 Å². The molecule has 0 fully saturated rings. The van der Waals surface area contributed by atoms with Crippen molar-refractivity contribution in [3.63, 3.8) is 0 Å². The van der Waals surface area contributed by atoms with Crippen molar-refractivity contribution in [3.05, 3.63) is 16.9 Å². The summed E-state index contributed by atoms with van der Waals surface area (Å²) in [6, 6.07) is 0. The number of rotatable bonds is 4. The first kappa shape index (κ1) is 8.04. The fourth-order valence-corrected chi connectivity index (χ4v) is 0.855. The van der Waals surface area contributed by atoms with Gasteiger partial charge in [0, 0.05) is 6.54 Å². The summed E-state index contributed by atoms with van der Waals surface area (Å²) in [6.07, 6.45) is 5.37. The largest absolute Gasteiger partial charge is 0.437 e. The van der Waals surface area contributed by atoms with E-state index in [1.165, 1.54) is 4.68 Å². The number of hydrogen-bond donors (Lipinski definition) is 0. The Bertz CT molecular complexity index is 251. The van der Waals surface area contributed by atoms with Gasteiger partial charge in [0.2, 0.25) is 0 Å². The van der Waals surface area contributed by atoms with Gasteiger partial charge in [-0.1, -0.05) is 19.8 Å². The summed E-state index contributed by atoms with van der Waals surface area (Å²) in [5, 5.41) is 3.60. The summed E-state index contributed by atoms with van der Waals surface area (Å²) >= 11 is 0. The smallest absolute Gasteiger partial charge is 0.382 e. The molecule has 1 aromatic heterocycles. The van der Waals surface area contributed by atoms with Gasteiger partial charge in [-0.15, -0.1) is 5.10 Å². The van der Waals surface area contributed by atoms with Crippen LogP contribution in [-0.4, -0.2) is 9.78 Å². The van der Waals surface area contributed by atoms with Crippen LogP contribution in [0.3, 0.4) is 0 Å². The maximum Gasteiger partial charge on any atom is 0.437 e. The summed E-state index contributed by atoms with van der Waals surface area (Å²) in [7, 11) is 0. The molecule has 0 bridgehead atoms. The molecule has 0 aliphatic carbocycles. The lowest BCUT2D eigenvalue weighted by Crippen LogP contribution is -2.15. The van der Waals surface area contributed by atoms with Crippen LogP contribution >= 0.6 is 0 Å². The van der Waals surface area contributed by atoms with Gasteiger partial charge in [-0.2, -0.15) is 4.68 Å². The van der Waals surface area contributed by atoms with Crippen LogP contribution < -0.4 is 5.76 Å². The minimum Gasteiger partial charge on any atom is -0.382 e. The predicted octanol–water partition coefficient (Wildman–Crippen LogP) is 0.827. The monoisotopic (exact) mass is 155 g/mol. The quantitative estimate of drug-likeness (QED) is 0.605. The van der Waals surface area contributed by atoms with Crippen molar-refractivity contribution in [2.24, 2.45) is 0 Å². The first-order valence-corrected chi connectivity index (χ1v) is 3.78. The molecule has 1 radical (unpaired) electrons. The topological polar surface area (TPSA) is 48.0 Å². The van der Waals surface area contributed by atoms with E-state index in [0.29, 0.717) is 6.54 Å². The Balaban J connectivity index is 2.39. The van der Waals surface area contributed by atoms with Crippen molar-refractivity contribution < 1.29 is 4.42 Å². The summed E-state index contributed by atoms with van der Waals surface area (Å²) in [4.78, 5) is 10.7. The molecule has 0 spiro atoms. The average molecular weight is 155 g/mol. The number of unbranched alkanes of at least 4 members (excludes halogenated alkanes) is 2. The summed E-state index contributed by atoms with van der Waals surface area (Å²) in [5.74, 6) is -0.416. The van der Waals surface area contributed by atoms with Crippen LogP contribution in [0.15, 0.2) is 9.21 Å². The highest BCUT2D eigenvalue weighted by Crippen LogP contribution is 1.94. The molecule has 1 aromatic rings. The third-order valence-corrected chi connectivity index (χ3v) is 1.48. The molecule has 0 saturated carbocycles. The van der Waals surface area contributed by atoms with E-state index in [1.807, 2.05) is 0 Å². The first-order valence-electron chi connectivity index (χ1n) is 3.78. The average Bonchev–Trinajstić information content (AvgIpc) is 2.37. The van der Waals surface area contributed by atoms with Crippen LogP contribution in [0, 0.1) is 6.39 Å². The molecule has 4 heteroatoms. The molecule has 11 heavy (non-hydrogen) atoms. The highest BCUT2D eigenvalue weighted by atomic mass is 16.4. The molecule has 0 atom stereocenters. The van der Waals surface area contributed by atoms with Gasteiger partial charge in [0.25, 0.3) is 0 Å². The Hall–Kier alpha value is -1.06. The zero-order valence-corrected chi connectivity index (χ0v) is 6.54. The van der Waals surface area contributed by atoms with E-state index in [0.717, 1.165) is 19.3 Å². The van der Waals surface area contributed by atoms with Crippen molar-refractivity contribution in [1.82, 2.24) is 9.78 Å². The zero-order chi connectivity index (χ0) is 8.10. The second-order valence-corrected chi connectivity index (χ2v) is 2.39. The van der Waals surface area contributed by atoms with E-state index in [4.69, 9.17) is 0 Å². The second-order valence-electron chi connectivity index (χ2n) is 2.39. The van der Waals surface area contributed by atoms with Gasteiger partial charge in [0.05, 0.1) is 0 Å². The maximum atomic E-state index is 10.7. The van der Waals surface area contributed by atoms with Crippen molar-refractivity contribution in [2.45, 2.75) is 32.7 Å². The van der Waals surface area contributed by atoms with Crippen molar-refractivity contribution >= 4 is 0 Å². The van der Waals surface area contributed by atoms with Gasteiger partial charge in [-0.3, -0.25) is 0 Å². The first-order chi connectivity index (χ1) is 5.34. The molecule has 61 valence electrons. The van der Waals surface area contributed by atoms with Crippen molar-refractivity contribution in [3.8, 4) is 0 Å². The minimum absolute atomic E-state index is 0.416. The fourth-order valence-electron chi connectivity index (χ4n) is 0.855. The number of aryl methyl sites for hydroxylation is 1. The van der Waals surface area contributed by atoms with E-state index in [9.17, 15) is 4.79 Å². The number of nitrogens with zero attached hydrogens (tertiary/aromatic N) is 2. The normalized spacial score (nSPS) is 10.3. The molecule has 0 amide bonds. The van der Waals surface area contributed by atoms with E-state index in [1.54, 1.807) is 0 Å². The van der Waals surface area contributed by atoms with Gasteiger partial charge >= 0.3 is 12.1 Å². The fraction of sp³-hybridized carbons (Fsp3) is 0.714. The predicted molar refractivity (Wildman–Crippen MR) is 39.1 cm³/mol. The Kier molecular flexibility index (Phi) is 2.89. The summed E-state index contributed by atoms with van der Waals surface area (Å²) < 4.78 is 5.65.